The molecule has 2 heterocycles. The zero-order valence-electron chi connectivity index (χ0n) is 12.5. The van der Waals surface area contributed by atoms with Gasteiger partial charge in [0, 0.05) is 26.2 Å². The highest BCUT2D eigenvalue weighted by molar-refractivity contribution is 7.91. The Labute approximate surface area is 126 Å². The van der Waals surface area contributed by atoms with Crippen molar-refractivity contribution in [3.8, 4) is 0 Å². The first-order valence-corrected chi connectivity index (χ1v) is 9.28. The number of amides is 1. The summed E-state index contributed by atoms with van der Waals surface area (Å²) in [4.78, 5) is 18.0. The van der Waals surface area contributed by atoms with E-state index in [1.165, 1.54) is 6.42 Å². The smallest absolute Gasteiger partial charge is 0.241 e. The average Bonchev–Trinajstić information content (AvgIpc) is 2.83. The third-order valence-corrected chi connectivity index (χ3v) is 5.68. The Morgan fingerprint density at radius 1 is 1.29 bits per heavy atom. The largest absolute Gasteiger partial charge is 0.353 e. The fraction of sp³-hybridized carbons (Fsp3) is 0.846. The molecule has 0 saturated carbocycles. The maximum absolute atomic E-state index is 12.0. The molecule has 1 atom stereocenters. The van der Waals surface area contributed by atoms with Crippen LogP contribution in [0.15, 0.2) is 4.99 Å². The number of aliphatic imine (C=N–C) groups is 1. The zero-order valence-corrected chi connectivity index (χ0v) is 13.3. The van der Waals surface area contributed by atoms with E-state index in [1.54, 1.807) is 7.05 Å². The normalized spacial score (nSPS) is 25.7. The van der Waals surface area contributed by atoms with Gasteiger partial charge in [0.1, 0.15) is 0 Å². The van der Waals surface area contributed by atoms with Crippen molar-refractivity contribution in [1.82, 2.24) is 15.5 Å². The topological polar surface area (TPSA) is 90.9 Å². The molecule has 2 N–H and O–H groups in total. The maximum atomic E-state index is 12.0. The molecule has 21 heavy (non-hydrogen) atoms. The highest BCUT2D eigenvalue weighted by atomic mass is 32.2. The van der Waals surface area contributed by atoms with Crippen molar-refractivity contribution in [1.29, 1.82) is 0 Å². The molecule has 8 heteroatoms. The van der Waals surface area contributed by atoms with Crippen molar-refractivity contribution in [2.24, 2.45) is 4.99 Å². The molecular weight excluding hydrogens is 292 g/mol. The third-order valence-electron chi connectivity index (χ3n) is 3.91. The van der Waals surface area contributed by atoms with Gasteiger partial charge in [-0.05, 0) is 25.7 Å². The van der Waals surface area contributed by atoms with Crippen LogP contribution in [0.4, 0.5) is 0 Å². The molecule has 0 bridgehead atoms. The van der Waals surface area contributed by atoms with Crippen molar-refractivity contribution in [3.63, 3.8) is 0 Å². The van der Waals surface area contributed by atoms with Crippen LogP contribution < -0.4 is 10.6 Å². The van der Waals surface area contributed by atoms with Gasteiger partial charge in [0.05, 0.1) is 18.1 Å². The van der Waals surface area contributed by atoms with E-state index in [2.05, 4.69) is 15.6 Å². The Morgan fingerprint density at radius 3 is 2.57 bits per heavy atom. The lowest BCUT2D eigenvalue weighted by atomic mass is 10.1. The van der Waals surface area contributed by atoms with Crippen molar-refractivity contribution < 1.29 is 13.2 Å². The number of piperidine rings is 1. The average molecular weight is 316 g/mol. The van der Waals surface area contributed by atoms with Crippen LogP contribution in [0.1, 0.15) is 25.7 Å². The van der Waals surface area contributed by atoms with Crippen molar-refractivity contribution in [2.45, 2.75) is 31.7 Å². The number of carbonyl (C=O) groups excluding carboxylic acids is 1. The number of carbonyl (C=O) groups is 1. The quantitative estimate of drug-likeness (QED) is 0.533. The lowest BCUT2D eigenvalue weighted by Crippen LogP contribution is -2.48. The number of hydrogen-bond donors (Lipinski definition) is 2. The van der Waals surface area contributed by atoms with Crippen LogP contribution in [0.25, 0.3) is 0 Å². The van der Waals surface area contributed by atoms with Crippen LogP contribution in [0, 0.1) is 0 Å². The van der Waals surface area contributed by atoms with E-state index in [4.69, 9.17) is 0 Å². The van der Waals surface area contributed by atoms with Crippen LogP contribution in [-0.2, 0) is 14.6 Å². The standard InChI is InChI=1S/C13H24N4O3S/c1-14-13(16-11-5-8-21(19,20)10-11)15-9-12(18)17-6-3-2-4-7-17/h11H,2-10H2,1H3,(H2,14,15,16). The van der Waals surface area contributed by atoms with Crippen LogP contribution in [0.5, 0.6) is 0 Å². The van der Waals surface area contributed by atoms with Crippen LogP contribution in [0.3, 0.4) is 0 Å². The Bertz CT molecular complexity index is 498. The van der Waals surface area contributed by atoms with E-state index in [-0.39, 0.29) is 30.0 Å². The molecule has 7 nitrogen and oxygen atoms in total. The molecule has 0 aromatic heterocycles. The van der Waals surface area contributed by atoms with Gasteiger partial charge in [-0.15, -0.1) is 0 Å². The summed E-state index contributed by atoms with van der Waals surface area (Å²) in [5.41, 5.74) is 0. The predicted molar refractivity (Wildman–Crippen MR) is 82.0 cm³/mol. The Morgan fingerprint density at radius 2 is 2.00 bits per heavy atom. The minimum absolute atomic E-state index is 0.0664. The van der Waals surface area contributed by atoms with Crippen LogP contribution in [0.2, 0.25) is 0 Å². The van der Waals surface area contributed by atoms with E-state index >= 15 is 0 Å². The number of guanidine groups is 1. The summed E-state index contributed by atoms with van der Waals surface area (Å²) < 4.78 is 22.8. The molecule has 2 aliphatic rings. The summed E-state index contributed by atoms with van der Waals surface area (Å²) in [6.45, 7) is 1.85. The molecule has 0 aromatic rings. The number of rotatable bonds is 3. The molecule has 120 valence electrons. The summed E-state index contributed by atoms with van der Waals surface area (Å²) in [7, 11) is -1.30. The second-order valence-electron chi connectivity index (χ2n) is 5.61. The van der Waals surface area contributed by atoms with Crippen molar-refractivity contribution in [3.05, 3.63) is 0 Å². The Kier molecular flexibility index (Phi) is 5.44. The fourth-order valence-electron chi connectivity index (χ4n) is 2.71. The highest BCUT2D eigenvalue weighted by Gasteiger charge is 2.28. The third kappa shape index (κ3) is 4.87. The summed E-state index contributed by atoms with van der Waals surface area (Å²) in [6, 6.07) is -0.119. The summed E-state index contributed by atoms with van der Waals surface area (Å²) in [5.74, 6) is 0.904. The van der Waals surface area contributed by atoms with Crippen LogP contribution in [-0.4, -0.2) is 69.4 Å². The van der Waals surface area contributed by atoms with E-state index < -0.39 is 9.84 Å². The molecule has 0 spiro atoms. The van der Waals surface area contributed by atoms with Gasteiger partial charge in [-0.1, -0.05) is 0 Å². The number of sulfone groups is 1. The first-order valence-electron chi connectivity index (χ1n) is 7.45. The molecule has 1 unspecified atom stereocenters. The van der Waals surface area contributed by atoms with E-state index in [0.717, 1.165) is 25.9 Å². The zero-order chi connectivity index (χ0) is 15.3. The lowest BCUT2D eigenvalue weighted by molar-refractivity contribution is -0.130. The van der Waals surface area contributed by atoms with E-state index in [0.29, 0.717) is 12.4 Å². The van der Waals surface area contributed by atoms with Gasteiger partial charge in [0.15, 0.2) is 15.8 Å². The fourth-order valence-corrected chi connectivity index (χ4v) is 4.38. The molecule has 0 aromatic carbocycles. The molecule has 0 aliphatic carbocycles. The van der Waals surface area contributed by atoms with Gasteiger partial charge in [0.25, 0.3) is 0 Å². The van der Waals surface area contributed by atoms with E-state index in [9.17, 15) is 13.2 Å². The van der Waals surface area contributed by atoms with Gasteiger partial charge in [-0.2, -0.15) is 0 Å². The summed E-state index contributed by atoms with van der Waals surface area (Å²) in [6.07, 6.45) is 3.91. The molecule has 0 radical (unpaired) electrons. The number of nitrogens with one attached hydrogen (secondary N) is 2. The molecule has 2 aliphatic heterocycles. The van der Waals surface area contributed by atoms with Gasteiger partial charge < -0.3 is 15.5 Å². The molecule has 2 saturated heterocycles. The lowest BCUT2D eigenvalue weighted by Gasteiger charge is -2.27. The van der Waals surface area contributed by atoms with Crippen LogP contribution >= 0.6 is 0 Å². The van der Waals surface area contributed by atoms with Gasteiger partial charge in [-0.3, -0.25) is 9.79 Å². The highest BCUT2D eigenvalue weighted by Crippen LogP contribution is 2.11. The first kappa shape index (κ1) is 16.1. The number of hydrogen-bond acceptors (Lipinski definition) is 4. The second kappa shape index (κ2) is 7.11. The van der Waals surface area contributed by atoms with Crippen molar-refractivity contribution in [2.75, 3.05) is 38.2 Å². The predicted octanol–water partition coefficient (Wildman–Crippen LogP) is -0.649. The molecular formula is C13H24N4O3S. The Balaban J connectivity index is 1.76. The van der Waals surface area contributed by atoms with Gasteiger partial charge >= 0.3 is 0 Å². The van der Waals surface area contributed by atoms with Gasteiger partial charge in [-0.25, -0.2) is 8.42 Å². The summed E-state index contributed by atoms with van der Waals surface area (Å²) in [5, 5.41) is 6.04. The Hall–Kier alpha value is -1.31. The molecule has 2 fully saturated rings. The van der Waals surface area contributed by atoms with Gasteiger partial charge in [0.2, 0.25) is 5.91 Å². The maximum Gasteiger partial charge on any atom is 0.241 e. The first-order chi connectivity index (χ1) is 10.00. The van der Waals surface area contributed by atoms with Crippen molar-refractivity contribution >= 4 is 21.7 Å². The monoisotopic (exact) mass is 316 g/mol. The second-order valence-corrected chi connectivity index (χ2v) is 7.84. The SMILES string of the molecule is CN=C(NCC(=O)N1CCCCC1)NC1CCS(=O)(=O)C1. The van der Waals surface area contributed by atoms with E-state index in [1.807, 2.05) is 4.90 Å². The summed E-state index contributed by atoms with van der Waals surface area (Å²) >= 11 is 0. The minimum atomic E-state index is -2.92. The molecule has 2 rings (SSSR count). The number of nitrogens with zero attached hydrogens (tertiary/aromatic N) is 2. The number of likely N-dealkylation sites (tertiary alicyclic amines) is 1. The minimum Gasteiger partial charge on any atom is -0.353 e. The molecule has 1 amide bonds.